The van der Waals surface area contributed by atoms with E-state index in [9.17, 15) is 18.4 Å². The van der Waals surface area contributed by atoms with E-state index >= 15 is 0 Å². The van der Waals surface area contributed by atoms with E-state index in [1.807, 2.05) is 36.4 Å². The average Bonchev–Trinajstić information content (AvgIpc) is 3.25. The second-order valence-electron chi connectivity index (χ2n) is 10.1. The number of para-hydroxylation sites is 2. The Morgan fingerprint density at radius 3 is 2.54 bits per heavy atom. The van der Waals surface area contributed by atoms with Crippen molar-refractivity contribution in [2.75, 3.05) is 25.6 Å². The van der Waals surface area contributed by atoms with Crippen LogP contribution in [-0.2, 0) is 11.3 Å². The van der Waals surface area contributed by atoms with E-state index in [4.69, 9.17) is 16.3 Å². The van der Waals surface area contributed by atoms with Crippen LogP contribution in [0, 0.1) is 5.92 Å². The normalized spacial score (nSPS) is 17.2. The van der Waals surface area contributed by atoms with E-state index in [-0.39, 0.29) is 28.2 Å². The number of imidazole rings is 1. The van der Waals surface area contributed by atoms with Gasteiger partial charge in [0.05, 0.1) is 40.1 Å². The summed E-state index contributed by atoms with van der Waals surface area (Å²) in [5.74, 6) is 0.310. The Labute approximate surface area is 240 Å². The summed E-state index contributed by atoms with van der Waals surface area (Å²) in [7, 11) is 1.64. The number of alkyl halides is 2. The molecule has 9 nitrogen and oxygen atoms in total. The monoisotopic (exact) mass is 584 g/mol. The predicted molar refractivity (Wildman–Crippen MR) is 153 cm³/mol. The zero-order valence-corrected chi connectivity index (χ0v) is 23.3. The Balaban J connectivity index is 1.27. The van der Waals surface area contributed by atoms with Crippen molar-refractivity contribution in [1.29, 1.82) is 0 Å². The van der Waals surface area contributed by atoms with Crippen LogP contribution < -0.4 is 16.3 Å². The third-order valence-electron chi connectivity index (χ3n) is 7.41. The first-order valence-corrected chi connectivity index (χ1v) is 13.9. The highest BCUT2D eigenvalue weighted by Gasteiger charge is 2.27. The molecular formula is C29H31ClF2N6O3. The van der Waals surface area contributed by atoms with Crippen molar-refractivity contribution in [3.05, 3.63) is 81.6 Å². The molecule has 4 aromatic rings. The molecule has 0 bridgehead atoms. The van der Waals surface area contributed by atoms with Gasteiger partial charge in [0, 0.05) is 32.4 Å². The van der Waals surface area contributed by atoms with Gasteiger partial charge < -0.3 is 15.4 Å². The predicted octanol–water partition coefficient (Wildman–Crippen LogP) is 5.22. The van der Waals surface area contributed by atoms with Gasteiger partial charge in [0.1, 0.15) is 11.5 Å². The van der Waals surface area contributed by atoms with Crippen molar-refractivity contribution in [3.8, 4) is 5.69 Å². The second-order valence-corrected chi connectivity index (χ2v) is 10.6. The molecular weight excluding hydrogens is 554 g/mol. The summed E-state index contributed by atoms with van der Waals surface area (Å²) in [6.07, 6.45) is 2.79. The number of hydrogen-bond donors (Lipinski definition) is 2. The number of halogens is 3. The number of amides is 1. The molecule has 3 heterocycles. The van der Waals surface area contributed by atoms with Gasteiger partial charge in [0.2, 0.25) is 0 Å². The number of carbonyl (C=O) groups is 1. The lowest BCUT2D eigenvalue weighted by atomic mass is 9.85. The summed E-state index contributed by atoms with van der Waals surface area (Å²) in [5, 5.41) is 6.16. The highest BCUT2D eigenvalue weighted by atomic mass is 35.5. The molecule has 12 heteroatoms. The fourth-order valence-electron chi connectivity index (χ4n) is 5.35. The van der Waals surface area contributed by atoms with Gasteiger partial charge in [0.15, 0.2) is 0 Å². The summed E-state index contributed by atoms with van der Waals surface area (Å²) >= 11 is 5.90. The largest absolute Gasteiger partial charge is 0.383 e. The zero-order valence-electron chi connectivity index (χ0n) is 22.5. The van der Waals surface area contributed by atoms with Gasteiger partial charge in [-0.25, -0.2) is 18.6 Å². The number of ether oxygens (including phenoxy) is 1. The first-order valence-electron chi connectivity index (χ1n) is 13.5. The van der Waals surface area contributed by atoms with Crippen molar-refractivity contribution in [1.82, 2.24) is 24.4 Å². The van der Waals surface area contributed by atoms with Crippen LogP contribution in [0.25, 0.3) is 16.7 Å². The smallest absolute Gasteiger partial charge is 0.333 e. The molecule has 0 saturated heterocycles. The number of pyridine rings is 2. The van der Waals surface area contributed by atoms with Gasteiger partial charge in [0.25, 0.3) is 12.3 Å². The van der Waals surface area contributed by atoms with Crippen LogP contribution in [0.4, 0.5) is 14.6 Å². The maximum atomic E-state index is 13.7. The Kier molecular flexibility index (Phi) is 8.94. The molecule has 5 rings (SSSR count). The number of nitrogens with one attached hydrogen (secondary N) is 2. The molecule has 0 aliphatic heterocycles. The van der Waals surface area contributed by atoms with Crippen LogP contribution in [0.3, 0.4) is 0 Å². The molecule has 0 radical (unpaired) electrons. The van der Waals surface area contributed by atoms with Crippen molar-refractivity contribution in [2.24, 2.45) is 5.92 Å². The number of anilines is 1. The molecule has 216 valence electrons. The van der Waals surface area contributed by atoms with E-state index in [0.717, 1.165) is 30.1 Å². The van der Waals surface area contributed by atoms with E-state index in [2.05, 4.69) is 20.6 Å². The summed E-state index contributed by atoms with van der Waals surface area (Å²) in [6, 6.07) is 12.4. The summed E-state index contributed by atoms with van der Waals surface area (Å²) in [4.78, 5) is 34.5. The van der Waals surface area contributed by atoms with Crippen LogP contribution in [0.1, 0.15) is 48.2 Å². The number of nitrogens with zero attached hydrogens (tertiary/aromatic N) is 4. The second kappa shape index (κ2) is 12.8. The lowest BCUT2D eigenvalue weighted by Crippen LogP contribution is -2.39. The van der Waals surface area contributed by atoms with Crippen molar-refractivity contribution in [3.63, 3.8) is 0 Å². The molecule has 1 aliphatic rings. The van der Waals surface area contributed by atoms with Crippen LogP contribution in [-0.4, -0.2) is 51.3 Å². The molecule has 1 fully saturated rings. The first kappa shape index (κ1) is 28.7. The fourth-order valence-corrected chi connectivity index (χ4v) is 5.51. The maximum Gasteiger partial charge on any atom is 0.333 e. The molecule has 0 unspecified atom stereocenters. The number of fused-ring (bicyclic) bond motifs is 1. The van der Waals surface area contributed by atoms with Gasteiger partial charge in [-0.1, -0.05) is 23.7 Å². The van der Waals surface area contributed by atoms with Crippen LogP contribution in [0.15, 0.2) is 59.7 Å². The Morgan fingerprint density at radius 1 is 1.10 bits per heavy atom. The molecule has 2 N–H and O–H groups in total. The highest BCUT2D eigenvalue weighted by molar-refractivity contribution is 6.30. The van der Waals surface area contributed by atoms with E-state index in [1.165, 1.54) is 6.07 Å². The van der Waals surface area contributed by atoms with Crippen LogP contribution in [0.2, 0.25) is 5.02 Å². The van der Waals surface area contributed by atoms with E-state index in [0.29, 0.717) is 44.0 Å². The lowest BCUT2D eigenvalue weighted by Gasteiger charge is -2.29. The van der Waals surface area contributed by atoms with Crippen LogP contribution in [0.5, 0.6) is 0 Å². The SMILES string of the molecule is COCCNc1ccc(-n2c(=O)n(CC3CCC(NC(=O)c4cc(Cl)cnc4C(F)F)CC3)c3ccccc32)cn1. The molecule has 1 aromatic carbocycles. The molecule has 1 amide bonds. The fraction of sp³-hybridized carbons (Fsp3) is 0.379. The van der Waals surface area contributed by atoms with E-state index < -0.39 is 18.0 Å². The van der Waals surface area contributed by atoms with Gasteiger partial charge in [-0.2, -0.15) is 0 Å². The van der Waals surface area contributed by atoms with Crippen LogP contribution >= 0.6 is 11.6 Å². The maximum absolute atomic E-state index is 13.7. The minimum absolute atomic E-state index is 0.123. The Hall–Kier alpha value is -3.83. The number of carbonyl (C=O) groups excluding carboxylic acids is 1. The van der Waals surface area contributed by atoms with Crippen molar-refractivity contribution < 1.29 is 18.3 Å². The first-order chi connectivity index (χ1) is 19.9. The van der Waals surface area contributed by atoms with Crippen molar-refractivity contribution >= 4 is 34.4 Å². The Bertz CT molecular complexity index is 1570. The van der Waals surface area contributed by atoms with Gasteiger partial charge in [-0.3, -0.25) is 18.9 Å². The topological polar surface area (TPSA) is 103 Å². The number of benzene rings is 1. The molecule has 1 aliphatic carbocycles. The third-order valence-corrected chi connectivity index (χ3v) is 7.62. The zero-order chi connectivity index (χ0) is 28.9. The lowest BCUT2D eigenvalue weighted by molar-refractivity contribution is 0.0904. The number of rotatable bonds is 10. The number of hydrogen-bond acceptors (Lipinski definition) is 6. The van der Waals surface area contributed by atoms with Gasteiger partial charge >= 0.3 is 5.69 Å². The molecule has 41 heavy (non-hydrogen) atoms. The standard InChI is InChI=1S/C29H31ClF2N6O3/c1-41-13-12-33-25-11-10-21(16-34-25)38-24-5-3-2-4-23(24)37(29(38)40)17-18-6-8-20(9-7-18)36-28(39)22-14-19(30)15-35-26(22)27(31)32/h2-5,10-11,14-16,18,20,27H,6-9,12-13,17H2,1H3,(H,33,34)(H,36,39). The average molecular weight is 585 g/mol. The van der Waals surface area contributed by atoms with Gasteiger partial charge in [-0.05, 0) is 61.9 Å². The molecule has 0 spiro atoms. The molecule has 0 atom stereocenters. The highest BCUT2D eigenvalue weighted by Crippen LogP contribution is 2.29. The Morgan fingerprint density at radius 2 is 1.85 bits per heavy atom. The van der Waals surface area contributed by atoms with E-state index in [1.54, 1.807) is 22.4 Å². The minimum Gasteiger partial charge on any atom is -0.383 e. The molecule has 1 saturated carbocycles. The quantitative estimate of drug-likeness (QED) is 0.248. The summed E-state index contributed by atoms with van der Waals surface area (Å²) < 4.78 is 35.2. The third kappa shape index (κ3) is 6.41. The summed E-state index contributed by atoms with van der Waals surface area (Å²) in [5.41, 5.74) is 1.38. The number of methoxy groups -OCH3 is 1. The minimum atomic E-state index is -2.88. The number of aromatic nitrogens is 4. The van der Waals surface area contributed by atoms with Gasteiger partial charge in [-0.15, -0.1) is 0 Å². The van der Waals surface area contributed by atoms with Crippen molar-refractivity contribution in [2.45, 2.75) is 44.7 Å². The molecule has 3 aromatic heterocycles. The summed E-state index contributed by atoms with van der Waals surface area (Å²) in [6.45, 7) is 1.72.